The number of esters is 1. The lowest BCUT2D eigenvalue weighted by molar-refractivity contribution is -0.160. The van der Waals surface area contributed by atoms with Crippen LogP contribution in [0.3, 0.4) is 0 Å². The molecule has 0 radical (unpaired) electrons. The minimum absolute atomic E-state index is 0.185. The molecule has 0 aromatic heterocycles. The van der Waals surface area contributed by atoms with Crippen LogP contribution in [0.15, 0.2) is 36.4 Å². The predicted molar refractivity (Wildman–Crippen MR) is 111 cm³/mol. The maximum absolute atomic E-state index is 12.7. The molecule has 2 rings (SSSR count). The van der Waals surface area contributed by atoms with Crippen LogP contribution < -0.4 is 0 Å². The molecule has 1 heterocycles. The van der Waals surface area contributed by atoms with Gasteiger partial charge in [-0.2, -0.15) is 0 Å². The number of likely N-dealkylation sites (tertiary alicyclic amines) is 1. The quantitative estimate of drug-likeness (QED) is 0.678. The van der Waals surface area contributed by atoms with Gasteiger partial charge in [-0.15, -0.1) is 0 Å². The second-order valence-corrected chi connectivity index (χ2v) is 9.33. The van der Waals surface area contributed by atoms with E-state index in [9.17, 15) is 9.59 Å². The molecule has 2 atom stereocenters. The average molecular weight is 388 g/mol. The standard InChI is InChI=1S/C23H33NO4/c1-22(2,3)27-20(25)19-15-18(14-10-13-17-11-8-7-9-12-17)16-24(19)21(26)28-23(4,5)6/h7-13,18-19H,14-16H2,1-6H3/b13-10+/t18-,19-/m0/s1. The van der Waals surface area contributed by atoms with Gasteiger partial charge in [0.2, 0.25) is 0 Å². The van der Waals surface area contributed by atoms with E-state index in [1.54, 1.807) is 0 Å². The maximum Gasteiger partial charge on any atom is 0.411 e. The van der Waals surface area contributed by atoms with Gasteiger partial charge in [0.1, 0.15) is 17.2 Å². The van der Waals surface area contributed by atoms with E-state index in [1.807, 2.05) is 71.9 Å². The molecule has 154 valence electrons. The zero-order valence-electron chi connectivity index (χ0n) is 17.9. The van der Waals surface area contributed by atoms with Crippen molar-refractivity contribution in [1.29, 1.82) is 0 Å². The molecule has 0 N–H and O–H groups in total. The summed E-state index contributed by atoms with van der Waals surface area (Å²) >= 11 is 0. The van der Waals surface area contributed by atoms with Gasteiger partial charge in [0.05, 0.1) is 0 Å². The van der Waals surface area contributed by atoms with Crippen molar-refractivity contribution in [1.82, 2.24) is 4.90 Å². The Hall–Kier alpha value is -2.30. The monoisotopic (exact) mass is 387 g/mol. The highest BCUT2D eigenvalue weighted by Crippen LogP contribution is 2.30. The number of amides is 1. The maximum atomic E-state index is 12.7. The van der Waals surface area contributed by atoms with Crippen molar-refractivity contribution in [3.63, 3.8) is 0 Å². The molecule has 5 heteroatoms. The summed E-state index contributed by atoms with van der Waals surface area (Å²) in [5.74, 6) is -0.183. The van der Waals surface area contributed by atoms with Gasteiger partial charge in [0, 0.05) is 6.54 Å². The molecule has 0 spiro atoms. The number of nitrogens with zero attached hydrogens (tertiary/aromatic N) is 1. The van der Waals surface area contributed by atoms with Crippen LogP contribution in [-0.2, 0) is 14.3 Å². The van der Waals surface area contributed by atoms with Crippen LogP contribution >= 0.6 is 0 Å². The van der Waals surface area contributed by atoms with Crippen LogP contribution in [-0.4, -0.2) is 40.8 Å². The van der Waals surface area contributed by atoms with Crippen molar-refractivity contribution in [2.45, 2.75) is 71.6 Å². The summed E-state index contributed by atoms with van der Waals surface area (Å²) in [4.78, 5) is 26.9. The number of rotatable bonds is 4. The van der Waals surface area contributed by atoms with Crippen molar-refractivity contribution in [2.24, 2.45) is 5.92 Å². The first-order chi connectivity index (χ1) is 12.9. The first kappa shape index (κ1) is 22.0. The summed E-state index contributed by atoms with van der Waals surface area (Å²) in [7, 11) is 0. The van der Waals surface area contributed by atoms with Crippen molar-refractivity contribution >= 4 is 18.1 Å². The van der Waals surface area contributed by atoms with E-state index in [0.717, 1.165) is 12.0 Å². The van der Waals surface area contributed by atoms with E-state index in [0.29, 0.717) is 13.0 Å². The van der Waals surface area contributed by atoms with E-state index in [-0.39, 0.29) is 11.9 Å². The molecular weight excluding hydrogens is 354 g/mol. The Balaban J connectivity index is 2.08. The molecule has 1 aliphatic heterocycles. The van der Waals surface area contributed by atoms with Crippen molar-refractivity contribution in [3.8, 4) is 0 Å². The predicted octanol–water partition coefficient (Wildman–Crippen LogP) is 5.06. The second kappa shape index (κ2) is 8.80. The minimum atomic E-state index is -0.610. The number of hydrogen-bond acceptors (Lipinski definition) is 4. The van der Waals surface area contributed by atoms with Gasteiger partial charge in [0.15, 0.2) is 0 Å². The molecule has 5 nitrogen and oxygen atoms in total. The molecule has 0 unspecified atom stereocenters. The SMILES string of the molecule is CC(C)(C)OC(=O)[C@@H]1C[C@H](C/C=C/c2ccccc2)CN1C(=O)OC(C)(C)C. The third-order valence-corrected chi connectivity index (χ3v) is 4.27. The molecular formula is C23H33NO4. The first-order valence-corrected chi connectivity index (χ1v) is 9.89. The normalized spacial score (nSPS) is 20.4. The van der Waals surface area contributed by atoms with Gasteiger partial charge in [-0.25, -0.2) is 9.59 Å². The van der Waals surface area contributed by atoms with Crippen LogP contribution in [0.4, 0.5) is 4.79 Å². The van der Waals surface area contributed by atoms with E-state index >= 15 is 0 Å². The van der Waals surface area contributed by atoms with Gasteiger partial charge in [0.25, 0.3) is 0 Å². The van der Waals surface area contributed by atoms with Gasteiger partial charge < -0.3 is 9.47 Å². The number of carbonyl (C=O) groups is 2. The first-order valence-electron chi connectivity index (χ1n) is 9.89. The molecule has 0 bridgehead atoms. The van der Waals surface area contributed by atoms with E-state index in [2.05, 4.69) is 12.2 Å². The highest BCUT2D eigenvalue weighted by atomic mass is 16.6. The summed E-state index contributed by atoms with van der Waals surface area (Å²) < 4.78 is 11.1. The number of ether oxygens (including phenoxy) is 2. The second-order valence-electron chi connectivity index (χ2n) is 9.33. The lowest BCUT2D eigenvalue weighted by Gasteiger charge is -2.29. The fraction of sp³-hybridized carbons (Fsp3) is 0.565. The largest absolute Gasteiger partial charge is 0.458 e. The number of benzene rings is 1. The fourth-order valence-corrected chi connectivity index (χ4v) is 3.17. The van der Waals surface area contributed by atoms with Crippen molar-refractivity contribution in [2.75, 3.05) is 6.54 Å². The Labute approximate surface area is 168 Å². The number of hydrogen-bond donors (Lipinski definition) is 0. The third-order valence-electron chi connectivity index (χ3n) is 4.27. The third kappa shape index (κ3) is 7.02. The highest BCUT2D eigenvalue weighted by molar-refractivity contribution is 5.82. The van der Waals surface area contributed by atoms with Crippen LogP contribution in [0, 0.1) is 5.92 Å². The topological polar surface area (TPSA) is 55.8 Å². The van der Waals surface area contributed by atoms with Gasteiger partial charge >= 0.3 is 12.1 Å². The van der Waals surface area contributed by atoms with Gasteiger partial charge in [-0.05, 0) is 65.9 Å². The molecule has 0 saturated carbocycles. The fourth-order valence-electron chi connectivity index (χ4n) is 3.17. The molecule has 1 aliphatic rings. The van der Waals surface area contributed by atoms with E-state index < -0.39 is 23.3 Å². The Morgan fingerprint density at radius 3 is 2.21 bits per heavy atom. The van der Waals surface area contributed by atoms with E-state index in [1.165, 1.54) is 4.90 Å². The average Bonchev–Trinajstić information content (AvgIpc) is 2.97. The zero-order valence-corrected chi connectivity index (χ0v) is 17.9. The van der Waals surface area contributed by atoms with Crippen LogP contribution in [0.5, 0.6) is 0 Å². The van der Waals surface area contributed by atoms with Gasteiger partial charge in [-0.1, -0.05) is 42.5 Å². The van der Waals surface area contributed by atoms with Crippen molar-refractivity contribution in [3.05, 3.63) is 42.0 Å². The molecule has 1 saturated heterocycles. The van der Waals surface area contributed by atoms with Gasteiger partial charge in [-0.3, -0.25) is 4.90 Å². The van der Waals surface area contributed by atoms with Crippen LogP contribution in [0.1, 0.15) is 59.9 Å². The lowest BCUT2D eigenvalue weighted by atomic mass is 10.0. The molecule has 1 amide bonds. The summed E-state index contributed by atoms with van der Waals surface area (Å²) in [6.07, 6.45) is 5.07. The molecule has 28 heavy (non-hydrogen) atoms. The molecule has 1 aromatic rings. The van der Waals surface area contributed by atoms with Crippen LogP contribution in [0.25, 0.3) is 6.08 Å². The number of carbonyl (C=O) groups excluding carboxylic acids is 2. The Kier molecular flexibility index (Phi) is 6.91. The summed E-state index contributed by atoms with van der Waals surface area (Å²) in [6, 6.07) is 9.46. The molecule has 0 aliphatic carbocycles. The minimum Gasteiger partial charge on any atom is -0.458 e. The Bertz CT molecular complexity index is 662. The Morgan fingerprint density at radius 2 is 1.64 bits per heavy atom. The molecule has 1 aromatic carbocycles. The number of allylic oxidation sites excluding steroid dienone is 1. The smallest absolute Gasteiger partial charge is 0.411 e. The van der Waals surface area contributed by atoms with Crippen molar-refractivity contribution < 1.29 is 19.1 Å². The summed E-state index contributed by atoms with van der Waals surface area (Å²) in [6.45, 7) is 11.4. The Morgan fingerprint density at radius 1 is 1.04 bits per heavy atom. The van der Waals surface area contributed by atoms with Crippen LogP contribution in [0.2, 0.25) is 0 Å². The molecule has 1 fully saturated rings. The summed E-state index contributed by atoms with van der Waals surface area (Å²) in [5.41, 5.74) is -0.0729. The van der Waals surface area contributed by atoms with E-state index in [4.69, 9.17) is 9.47 Å². The highest BCUT2D eigenvalue weighted by Gasteiger charge is 2.42. The summed E-state index contributed by atoms with van der Waals surface area (Å²) in [5, 5.41) is 0. The lowest BCUT2D eigenvalue weighted by Crippen LogP contribution is -2.45. The zero-order chi connectivity index (χ0) is 20.9.